The fourth-order valence-corrected chi connectivity index (χ4v) is 3.70. The van der Waals surface area contributed by atoms with Gasteiger partial charge in [0.05, 0.1) is 18.1 Å². The number of pyridine rings is 1. The van der Waals surface area contributed by atoms with Crippen molar-refractivity contribution in [2.75, 3.05) is 6.54 Å². The Labute approximate surface area is 162 Å². The molecule has 0 saturated carbocycles. The van der Waals surface area contributed by atoms with Crippen LogP contribution in [-0.4, -0.2) is 42.1 Å². The summed E-state index contributed by atoms with van der Waals surface area (Å²) in [6, 6.07) is 12.2. The molecule has 0 bridgehead atoms. The van der Waals surface area contributed by atoms with Crippen molar-refractivity contribution in [3.63, 3.8) is 0 Å². The first kappa shape index (κ1) is 16.7. The standard InChI is InChI=1S/C21H20N6O/c28-21(26-9-7-18-17(13-26)12-24-25-18)16-10-19-20(22-11-16)27(14-23-19)8-6-15-4-2-1-3-5-15/h1-5,10-12,14H,6-9,13H2,(H,24,25). The maximum atomic E-state index is 12.9. The number of H-pyrrole nitrogens is 1. The van der Waals surface area contributed by atoms with E-state index in [4.69, 9.17) is 0 Å². The molecule has 1 N–H and O–H groups in total. The van der Waals surface area contributed by atoms with Crippen LogP contribution in [0.4, 0.5) is 0 Å². The zero-order valence-electron chi connectivity index (χ0n) is 15.4. The first-order chi connectivity index (χ1) is 13.8. The predicted octanol–water partition coefficient (Wildman–Crippen LogP) is 2.60. The zero-order chi connectivity index (χ0) is 18.9. The van der Waals surface area contributed by atoms with Gasteiger partial charge < -0.3 is 9.47 Å². The summed E-state index contributed by atoms with van der Waals surface area (Å²) in [5.74, 6) is -0.0138. The lowest BCUT2D eigenvalue weighted by molar-refractivity contribution is 0.0734. The highest BCUT2D eigenvalue weighted by Crippen LogP contribution is 2.20. The smallest absolute Gasteiger partial charge is 0.255 e. The second-order valence-electron chi connectivity index (χ2n) is 7.09. The van der Waals surface area contributed by atoms with Crippen molar-refractivity contribution in [3.8, 4) is 0 Å². The summed E-state index contributed by atoms with van der Waals surface area (Å²) in [6.07, 6.45) is 6.97. The molecule has 0 saturated heterocycles. The molecule has 0 spiro atoms. The molecule has 3 aromatic heterocycles. The maximum absolute atomic E-state index is 12.9. The summed E-state index contributed by atoms with van der Waals surface area (Å²) in [5, 5.41) is 7.06. The lowest BCUT2D eigenvalue weighted by Crippen LogP contribution is -2.35. The van der Waals surface area contributed by atoms with Crippen molar-refractivity contribution in [2.45, 2.75) is 25.9 Å². The molecule has 0 aliphatic carbocycles. The van der Waals surface area contributed by atoms with Crippen LogP contribution in [0, 0.1) is 0 Å². The van der Waals surface area contributed by atoms with Crippen LogP contribution in [0.1, 0.15) is 27.2 Å². The third-order valence-corrected chi connectivity index (χ3v) is 5.27. The van der Waals surface area contributed by atoms with Crippen molar-refractivity contribution in [1.82, 2.24) is 29.6 Å². The number of nitrogens with one attached hydrogen (secondary N) is 1. The van der Waals surface area contributed by atoms with E-state index in [0.717, 1.165) is 41.8 Å². The normalized spacial score (nSPS) is 13.6. The van der Waals surface area contributed by atoms with Gasteiger partial charge >= 0.3 is 0 Å². The number of aromatic amines is 1. The number of aryl methyl sites for hydroxylation is 2. The van der Waals surface area contributed by atoms with Crippen molar-refractivity contribution < 1.29 is 4.79 Å². The Balaban J connectivity index is 1.34. The molecule has 28 heavy (non-hydrogen) atoms. The topological polar surface area (TPSA) is 79.7 Å². The van der Waals surface area contributed by atoms with Gasteiger partial charge in [0.2, 0.25) is 0 Å². The molecule has 0 atom stereocenters. The van der Waals surface area contributed by atoms with Gasteiger partial charge in [0.25, 0.3) is 5.91 Å². The molecule has 1 aliphatic rings. The van der Waals surface area contributed by atoms with Gasteiger partial charge in [-0.25, -0.2) is 9.97 Å². The molecule has 4 heterocycles. The van der Waals surface area contributed by atoms with Crippen LogP contribution in [0.25, 0.3) is 11.2 Å². The Morgan fingerprint density at radius 1 is 1.14 bits per heavy atom. The van der Waals surface area contributed by atoms with Crippen molar-refractivity contribution >= 4 is 17.1 Å². The minimum absolute atomic E-state index is 0.0138. The van der Waals surface area contributed by atoms with E-state index in [1.54, 1.807) is 18.7 Å². The Hall–Kier alpha value is -3.48. The summed E-state index contributed by atoms with van der Waals surface area (Å²) in [4.78, 5) is 23.8. The number of hydrogen-bond acceptors (Lipinski definition) is 4. The van der Waals surface area contributed by atoms with Crippen LogP contribution in [0.5, 0.6) is 0 Å². The number of carbonyl (C=O) groups is 1. The van der Waals surface area contributed by atoms with Gasteiger partial charge in [-0.05, 0) is 18.1 Å². The molecular weight excluding hydrogens is 352 g/mol. The summed E-state index contributed by atoms with van der Waals surface area (Å²) < 4.78 is 2.04. The van der Waals surface area contributed by atoms with Gasteiger partial charge in [0.1, 0.15) is 5.52 Å². The zero-order valence-corrected chi connectivity index (χ0v) is 15.4. The molecule has 140 valence electrons. The predicted molar refractivity (Wildman–Crippen MR) is 105 cm³/mol. The average Bonchev–Trinajstić information content (AvgIpc) is 3.38. The molecule has 7 heteroatoms. The molecule has 5 rings (SSSR count). The van der Waals surface area contributed by atoms with E-state index in [1.807, 2.05) is 33.7 Å². The first-order valence-electron chi connectivity index (χ1n) is 9.43. The molecule has 4 aromatic rings. The second-order valence-corrected chi connectivity index (χ2v) is 7.09. The summed E-state index contributed by atoms with van der Waals surface area (Å²) in [7, 11) is 0. The van der Waals surface area contributed by atoms with E-state index in [-0.39, 0.29) is 5.91 Å². The largest absolute Gasteiger partial charge is 0.334 e. The van der Waals surface area contributed by atoms with Crippen molar-refractivity contribution in [1.29, 1.82) is 0 Å². The molecule has 0 fully saturated rings. The van der Waals surface area contributed by atoms with Gasteiger partial charge in [0, 0.05) is 43.5 Å². The van der Waals surface area contributed by atoms with Gasteiger partial charge in [-0.3, -0.25) is 9.89 Å². The van der Waals surface area contributed by atoms with Crippen LogP contribution in [-0.2, 0) is 25.9 Å². The van der Waals surface area contributed by atoms with E-state index in [0.29, 0.717) is 18.7 Å². The number of fused-ring (bicyclic) bond motifs is 2. The lowest BCUT2D eigenvalue weighted by Gasteiger charge is -2.26. The third kappa shape index (κ3) is 3.05. The molecular formula is C21H20N6O. The van der Waals surface area contributed by atoms with Crippen LogP contribution < -0.4 is 0 Å². The van der Waals surface area contributed by atoms with Crippen molar-refractivity contribution in [3.05, 3.63) is 77.5 Å². The summed E-state index contributed by atoms with van der Waals surface area (Å²) in [6.45, 7) is 2.06. The number of hydrogen-bond donors (Lipinski definition) is 1. The fraction of sp³-hybridized carbons (Fsp3) is 0.238. The van der Waals surface area contributed by atoms with Crippen LogP contribution >= 0.6 is 0 Å². The molecule has 0 unspecified atom stereocenters. The fourth-order valence-electron chi connectivity index (χ4n) is 3.70. The Morgan fingerprint density at radius 2 is 2.04 bits per heavy atom. The third-order valence-electron chi connectivity index (χ3n) is 5.27. The number of nitrogens with zero attached hydrogens (tertiary/aromatic N) is 5. The minimum Gasteiger partial charge on any atom is -0.334 e. The maximum Gasteiger partial charge on any atom is 0.255 e. The Bertz CT molecular complexity index is 1130. The Morgan fingerprint density at radius 3 is 2.93 bits per heavy atom. The summed E-state index contributed by atoms with van der Waals surface area (Å²) in [5.41, 5.74) is 5.62. The highest BCUT2D eigenvalue weighted by atomic mass is 16.2. The number of imidazole rings is 1. The van der Waals surface area contributed by atoms with Crippen LogP contribution in [0.2, 0.25) is 0 Å². The highest BCUT2D eigenvalue weighted by molar-refractivity contribution is 5.96. The van der Waals surface area contributed by atoms with E-state index in [1.165, 1.54) is 5.56 Å². The number of carbonyl (C=O) groups excluding carboxylic acids is 1. The van der Waals surface area contributed by atoms with Crippen LogP contribution in [0.15, 0.2) is 55.1 Å². The number of amides is 1. The van der Waals surface area contributed by atoms with Gasteiger partial charge in [0.15, 0.2) is 5.65 Å². The highest BCUT2D eigenvalue weighted by Gasteiger charge is 2.23. The molecule has 0 radical (unpaired) electrons. The quantitative estimate of drug-likeness (QED) is 0.597. The average molecular weight is 372 g/mol. The van der Waals surface area contributed by atoms with Crippen LogP contribution in [0.3, 0.4) is 0 Å². The monoisotopic (exact) mass is 372 g/mol. The van der Waals surface area contributed by atoms with E-state index < -0.39 is 0 Å². The van der Waals surface area contributed by atoms with E-state index >= 15 is 0 Å². The Kier molecular flexibility index (Phi) is 4.12. The first-order valence-corrected chi connectivity index (χ1v) is 9.43. The van der Waals surface area contributed by atoms with Gasteiger partial charge in [-0.1, -0.05) is 30.3 Å². The molecule has 1 aliphatic heterocycles. The number of aromatic nitrogens is 5. The molecule has 7 nitrogen and oxygen atoms in total. The summed E-state index contributed by atoms with van der Waals surface area (Å²) >= 11 is 0. The van der Waals surface area contributed by atoms with E-state index in [2.05, 4.69) is 32.3 Å². The minimum atomic E-state index is -0.0138. The van der Waals surface area contributed by atoms with Crippen molar-refractivity contribution in [2.24, 2.45) is 0 Å². The number of benzene rings is 1. The lowest BCUT2D eigenvalue weighted by atomic mass is 10.1. The van der Waals surface area contributed by atoms with Gasteiger partial charge in [-0.15, -0.1) is 0 Å². The SMILES string of the molecule is O=C(c1cnc2c(c1)ncn2CCc1ccccc1)N1CCc2[nH]ncc2C1. The molecule has 1 aromatic carbocycles. The van der Waals surface area contributed by atoms with Gasteiger partial charge in [-0.2, -0.15) is 5.10 Å². The van der Waals surface area contributed by atoms with E-state index in [9.17, 15) is 4.79 Å². The molecule has 1 amide bonds. The number of rotatable bonds is 4. The second kappa shape index (κ2) is 6.92.